The third-order valence-electron chi connectivity index (χ3n) is 4.69. The molecule has 0 aliphatic carbocycles. The summed E-state index contributed by atoms with van der Waals surface area (Å²) in [5.74, 6) is 0.0322. The third kappa shape index (κ3) is 3.46. The van der Waals surface area contributed by atoms with Crippen molar-refractivity contribution in [3.05, 3.63) is 65.2 Å². The van der Waals surface area contributed by atoms with E-state index in [1.165, 1.54) is 7.11 Å². The normalized spacial score (nSPS) is 18.3. The Kier molecular flexibility index (Phi) is 4.46. The van der Waals surface area contributed by atoms with Crippen LogP contribution < -0.4 is 15.4 Å². The molecule has 0 saturated carbocycles. The summed E-state index contributed by atoms with van der Waals surface area (Å²) in [6.45, 7) is 0. The van der Waals surface area contributed by atoms with Crippen LogP contribution in [0.1, 0.15) is 27.9 Å². The van der Waals surface area contributed by atoms with Crippen LogP contribution in [0.15, 0.2) is 53.5 Å². The van der Waals surface area contributed by atoms with Crippen LogP contribution in [0.4, 0.5) is 5.69 Å². The third-order valence-corrected chi connectivity index (χ3v) is 4.69. The summed E-state index contributed by atoms with van der Waals surface area (Å²) in [4.78, 5) is 29.5. The molecular formula is C21H19N3O3. The molecule has 27 heavy (non-hydrogen) atoms. The van der Waals surface area contributed by atoms with Gasteiger partial charge in [-0.25, -0.2) is 0 Å². The highest BCUT2D eigenvalue weighted by atomic mass is 16.5. The van der Waals surface area contributed by atoms with Gasteiger partial charge in [0.2, 0.25) is 5.91 Å². The van der Waals surface area contributed by atoms with E-state index in [0.29, 0.717) is 23.4 Å². The van der Waals surface area contributed by atoms with Gasteiger partial charge in [0.05, 0.1) is 24.1 Å². The second-order valence-corrected chi connectivity index (χ2v) is 6.46. The number of fused-ring (bicyclic) bond motifs is 1. The SMILES string of the molecule is COc1ccc2c(c1)C(=O)NC(Cc1ccc(C3=CCC=N3)cc1)C(=O)N2. The second kappa shape index (κ2) is 7.07. The van der Waals surface area contributed by atoms with Crippen LogP contribution in [0.5, 0.6) is 5.75 Å². The van der Waals surface area contributed by atoms with E-state index in [0.717, 1.165) is 23.2 Å². The fourth-order valence-corrected chi connectivity index (χ4v) is 3.22. The predicted octanol–water partition coefficient (Wildman–Crippen LogP) is 2.80. The Balaban J connectivity index is 1.52. The molecule has 2 aliphatic heterocycles. The van der Waals surface area contributed by atoms with E-state index in [2.05, 4.69) is 21.7 Å². The molecule has 1 unspecified atom stereocenters. The van der Waals surface area contributed by atoms with Crippen molar-refractivity contribution in [2.24, 2.45) is 4.99 Å². The molecule has 2 amide bonds. The van der Waals surface area contributed by atoms with E-state index < -0.39 is 6.04 Å². The van der Waals surface area contributed by atoms with Crippen LogP contribution in [0.3, 0.4) is 0 Å². The smallest absolute Gasteiger partial charge is 0.254 e. The van der Waals surface area contributed by atoms with Crippen LogP contribution in [-0.2, 0) is 11.2 Å². The van der Waals surface area contributed by atoms with Gasteiger partial charge in [-0.05, 0) is 29.3 Å². The molecule has 0 fully saturated rings. The Hall–Kier alpha value is -3.41. The predicted molar refractivity (Wildman–Crippen MR) is 104 cm³/mol. The molecule has 0 bridgehead atoms. The van der Waals surface area contributed by atoms with Crippen molar-refractivity contribution in [1.82, 2.24) is 5.32 Å². The van der Waals surface area contributed by atoms with Gasteiger partial charge < -0.3 is 15.4 Å². The number of hydrogen-bond donors (Lipinski definition) is 2. The number of methoxy groups -OCH3 is 1. The summed E-state index contributed by atoms with van der Waals surface area (Å²) >= 11 is 0. The van der Waals surface area contributed by atoms with Crippen molar-refractivity contribution in [3.8, 4) is 5.75 Å². The van der Waals surface area contributed by atoms with Crippen LogP contribution in [0, 0.1) is 0 Å². The van der Waals surface area contributed by atoms with Crippen LogP contribution >= 0.6 is 0 Å². The van der Waals surface area contributed by atoms with Gasteiger partial charge in [-0.3, -0.25) is 14.6 Å². The van der Waals surface area contributed by atoms with Gasteiger partial charge >= 0.3 is 0 Å². The maximum Gasteiger partial charge on any atom is 0.254 e. The monoisotopic (exact) mass is 361 g/mol. The number of aliphatic imine (C=N–C) groups is 1. The quantitative estimate of drug-likeness (QED) is 0.879. The summed E-state index contributed by atoms with van der Waals surface area (Å²) in [5.41, 5.74) is 3.85. The molecule has 6 heteroatoms. The summed E-state index contributed by atoms with van der Waals surface area (Å²) in [6.07, 6.45) is 5.21. The maximum absolute atomic E-state index is 12.6. The number of amides is 2. The average Bonchev–Trinajstić information content (AvgIpc) is 3.19. The highest BCUT2D eigenvalue weighted by molar-refractivity contribution is 6.10. The fourth-order valence-electron chi connectivity index (χ4n) is 3.22. The number of carbonyl (C=O) groups is 2. The fraction of sp³-hybridized carbons (Fsp3) is 0.190. The van der Waals surface area contributed by atoms with Crippen molar-refractivity contribution < 1.29 is 14.3 Å². The van der Waals surface area contributed by atoms with Gasteiger partial charge in [0, 0.05) is 19.1 Å². The summed E-state index contributed by atoms with van der Waals surface area (Å²) in [5, 5.41) is 5.64. The van der Waals surface area contributed by atoms with Crippen LogP contribution in [0.25, 0.3) is 5.70 Å². The molecule has 2 N–H and O–H groups in total. The van der Waals surface area contributed by atoms with E-state index in [1.807, 2.05) is 30.5 Å². The molecule has 2 aromatic carbocycles. The Labute approximate surface area is 157 Å². The summed E-state index contributed by atoms with van der Waals surface area (Å²) in [6, 6.07) is 12.3. The van der Waals surface area contributed by atoms with Crippen molar-refractivity contribution in [2.75, 3.05) is 12.4 Å². The van der Waals surface area contributed by atoms with E-state index in [-0.39, 0.29) is 11.8 Å². The van der Waals surface area contributed by atoms with Crippen molar-refractivity contribution >= 4 is 29.4 Å². The molecule has 1 atom stereocenters. The zero-order chi connectivity index (χ0) is 18.8. The van der Waals surface area contributed by atoms with Crippen molar-refractivity contribution in [2.45, 2.75) is 18.9 Å². The maximum atomic E-state index is 12.6. The van der Waals surface area contributed by atoms with Gasteiger partial charge in [0.15, 0.2) is 0 Å². The zero-order valence-corrected chi connectivity index (χ0v) is 14.9. The molecule has 4 rings (SSSR count). The second-order valence-electron chi connectivity index (χ2n) is 6.46. The number of rotatable bonds is 4. The average molecular weight is 361 g/mol. The zero-order valence-electron chi connectivity index (χ0n) is 14.9. The van der Waals surface area contributed by atoms with E-state index in [4.69, 9.17) is 4.74 Å². The van der Waals surface area contributed by atoms with Crippen molar-refractivity contribution in [1.29, 1.82) is 0 Å². The first kappa shape index (κ1) is 17.0. The lowest BCUT2D eigenvalue weighted by molar-refractivity contribution is -0.117. The molecule has 2 aliphatic rings. The standard InChI is InChI=1S/C21H19N3O3/c1-27-15-8-9-18-16(12-15)20(25)24-19(21(26)23-18)11-13-4-6-14(7-5-13)17-3-2-10-22-17/h3-10,12,19H,2,11H2,1H3,(H,23,26)(H,24,25). The highest BCUT2D eigenvalue weighted by Crippen LogP contribution is 2.25. The number of anilines is 1. The topological polar surface area (TPSA) is 79.8 Å². The Morgan fingerprint density at radius 3 is 2.67 bits per heavy atom. The number of allylic oxidation sites excluding steroid dienone is 1. The van der Waals surface area contributed by atoms with Crippen LogP contribution in [-0.4, -0.2) is 31.2 Å². The molecule has 0 saturated heterocycles. The van der Waals surface area contributed by atoms with E-state index in [9.17, 15) is 9.59 Å². The first-order valence-corrected chi connectivity index (χ1v) is 8.76. The number of carbonyl (C=O) groups excluding carboxylic acids is 2. The minimum Gasteiger partial charge on any atom is -0.497 e. The minimum absolute atomic E-state index is 0.237. The number of nitrogens with one attached hydrogen (secondary N) is 2. The number of nitrogens with zero attached hydrogens (tertiary/aromatic N) is 1. The van der Waals surface area contributed by atoms with Crippen LogP contribution in [0.2, 0.25) is 0 Å². The summed E-state index contributed by atoms with van der Waals surface area (Å²) in [7, 11) is 1.54. The first-order chi connectivity index (χ1) is 13.1. The molecule has 0 aromatic heterocycles. The van der Waals surface area contributed by atoms with E-state index >= 15 is 0 Å². The Morgan fingerprint density at radius 2 is 1.96 bits per heavy atom. The largest absolute Gasteiger partial charge is 0.497 e. The Bertz CT molecular complexity index is 961. The lowest BCUT2D eigenvalue weighted by Gasteiger charge is -2.15. The minimum atomic E-state index is -0.648. The summed E-state index contributed by atoms with van der Waals surface area (Å²) < 4.78 is 5.16. The lowest BCUT2D eigenvalue weighted by atomic mass is 10.0. The molecule has 2 aromatic rings. The molecule has 6 nitrogen and oxygen atoms in total. The number of benzene rings is 2. The van der Waals surface area contributed by atoms with Gasteiger partial charge in [-0.1, -0.05) is 30.3 Å². The van der Waals surface area contributed by atoms with E-state index in [1.54, 1.807) is 18.2 Å². The number of ether oxygens (including phenoxy) is 1. The molecule has 0 radical (unpaired) electrons. The molecule has 136 valence electrons. The lowest BCUT2D eigenvalue weighted by Crippen LogP contribution is -2.42. The highest BCUT2D eigenvalue weighted by Gasteiger charge is 2.28. The molecular weight excluding hydrogens is 342 g/mol. The first-order valence-electron chi connectivity index (χ1n) is 8.76. The van der Waals surface area contributed by atoms with Gasteiger partial charge in [-0.15, -0.1) is 0 Å². The van der Waals surface area contributed by atoms with Gasteiger partial charge in [-0.2, -0.15) is 0 Å². The van der Waals surface area contributed by atoms with Gasteiger partial charge in [0.25, 0.3) is 5.91 Å². The molecule has 2 heterocycles. The Morgan fingerprint density at radius 1 is 1.15 bits per heavy atom. The number of hydrogen-bond acceptors (Lipinski definition) is 4. The van der Waals surface area contributed by atoms with Crippen molar-refractivity contribution in [3.63, 3.8) is 0 Å². The molecule has 0 spiro atoms. The van der Waals surface area contributed by atoms with Gasteiger partial charge in [0.1, 0.15) is 11.8 Å².